The van der Waals surface area contributed by atoms with Gasteiger partial charge in [-0.15, -0.1) is 5.10 Å². The monoisotopic (exact) mass is 282 g/mol. The Morgan fingerprint density at radius 1 is 1.40 bits per heavy atom. The van der Waals surface area contributed by atoms with E-state index in [1.54, 1.807) is 0 Å². The lowest BCUT2D eigenvalue weighted by atomic mass is 10.2. The zero-order valence-corrected chi connectivity index (χ0v) is 10.3. The molecule has 1 aromatic rings. The van der Waals surface area contributed by atoms with E-state index in [0.717, 1.165) is 18.2 Å². The molecule has 0 saturated carbocycles. The number of hydrogen-bond acceptors (Lipinski definition) is 8. The summed E-state index contributed by atoms with van der Waals surface area (Å²) in [5.74, 6) is 0.0877. The van der Waals surface area contributed by atoms with Gasteiger partial charge in [-0.05, 0) is 6.07 Å². The second-order valence-electron chi connectivity index (χ2n) is 3.44. The van der Waals surface area contributed by atoms with E-state index in [1.165, 1.54) is 6.92 Å². The summed E-state index contributed by atoms with van der Waals surface area (Å²) in [6, 6.07) is 3.08. The number of anilines is 1. The first-order chi connectivity index (χ1) is 9.45. The van der Waals surface area contributed by atoms with E-state index >= 15 is 0 Å². The van der Waals surface area contributed by atoms with Crippen LogP contribution in [0.2, 0.25) is 0 Å². The number of aldehydes is 1. The number of non-ortho nitro benzene ring substituents is 1. The molecule has 0 aliphatic rings. The Kier molecular flexibility index (Phi) is 5.09. The summed E-state index contributed by atoms with van der Waals surface area (Å²) in [4.78, 5) is 29.9. The molecule has 106 valence electrons. The minimum Gasteiger partial charge on any atom is -0.472 e. The molecule has 1 rings (SSSR count). The van der Waals surface area contributed by atoms with Gasteiger partial charge < -0.3 is 4.74 Å². The molecule has 0 aromatic heterocycles. The molecular formula is C10H10N4O6. The van der Waals surface area contributed by atoms with Crippen LogP contribution in [0.5, 0.6) is 0 Å². The van der Waals surface area contributed by atoms with Crippen LogP contribution in [0.3, 0.4) is 0 Å². The van der Waals surface area contributed by atoms with E-state index in [9.17, 15) is 25.0 Å². The van der Waals surface area contributed by atoms with Gasteiger partial charge in [0.1, 0.15) is 12.3 Å². The number of nitrogens with zero attached hydrogens (tertiary/aromatic N) is 3. The van der Waals surface area contributed by atoms with E-state index in [4.69, 9.17) is 4.74 Å². The fraction of sp³-hybridized carbons (Fsp3) is 0.200. The molecule has 0 heterocycles. The van der Waals surface area contributed by atoms with Crippen LogP contribution in [0.15, 0.2) is 23.3 Å². The summed E-state index contributed by atoms with van der Waals surface area (Å²) in [6.45, 7) is 1.24. The molecule has 10 nitrogen and oxygen atoms in total. The van der Waals surface area contributed by atoms with Gasteiger partial charge in [0.2, 0.25) is 5.90 Å². The van der Waals surface area contributed by atoms with Gasteiger partial charge in [0.05, 0.1) is 15.9 Å². The fourth-order valence-corrected chi connectivity index (χ4v) is 1.21. The smallest absolute Gasteiger partial charge is 0.301 e. The Bertz CT molecular complexity index is 571. The highest BCUT2D eigenvalue weighted by Gasteiger charge is 2.19. The number of nitrogens with one attached hydrogen (secondary N) is 1. The van der Waals surface area contributed by atoms with Crippen molar-refractivity contribution in [2.45, 2.75) is 6.92 Å². The van der Waals surface area contributed by atoms with Crippen molar-refractivity contribution in [3.05, 3.63) is 38.4 Å². The summed E-state index contributed by atoms with van der Waals surface area (Å²) < 4.78 is 4.82. The van der Waals surface area contributed by atoms with Crippen LogP contribution in [0.4, 0.5) is 17.1 Å². The topological polar surface area (TPSA) is 137 Å². The van der Waals surface area contributed by atoms with Gasteiger partial charge in [-0.25, -0.2) is 0 Å². The van der Waals surface area contributed by atoms with Crippen molar-refractivity contribution in [3.8, 4) is 0 Å². The number of benzene rings is 1. The third kappa shape index (κ3) is 4.01. The van der Waals surface area contributed by atoms with Gasteiger partial charge in [-0.3, -0.25) is 30.4 Å². The first kappa shape index (κ1) is 15.0. The molecule has 0 amide bonds. The van der Waals surface area contributed by atoms with Crippen LogP contribution in [0, 0.1) is 20.2 Å². The summed E-state index contributed by atoms with van der Waals surface area (Å²) in [7, 11) is 0. The quantitative estimate of drug-likeness (QED) is 0.274. The molecule has 1 aromatic carbocycles. The van der Waals surface area contributed by atoms with Crippen LogP contribution in [0.25, 0.3) is 0 Å². The molecule has 0 bridgehead atoms. The van der Waals surface area contributed by atoms with Crippen molar-refractivity contribution in [1.29, 1.82) is 0 Å². The standard InChI is InChI=1S/C10H10N4O6/c1-7(20-5-4-15)11-12-9-3-2-8(13(16)17)6-10(9)14(18)19/h2-4,6,12H,5H2,1H3/b11-7+. The number of hydrazone groups is 1. The van der Waals surface area contributed by atoms with Gasteiger partial charge >= 0.3 is 5.69 Å². The summed E-state index contributed by atoms with van der Waals surface area (Å²) in [6.07, 6.45) is 0.521. The predicted octanol–water partition coefficient (Wildman–Crippen LogP) is 1.46. The minimum atomic E-state index is -0.771. The van der Waals surface area contributed by atoms with Crippen LogP contribution in [-0.2, 0) is 9.53 Å². The third-order valence-electron chi connectivity index (χ3n) is 2.08. The zero-order valence-electron chi connectivity index (χ0n) is 10.3. The average Bonchev–Trinajstić information content (AvgIpc) is 2.42. The number of ether oxygens (including phenoxy) is 1. The highest BCUT2D eigenvalue weighted by Crippen LogP contribution is 2.28. The second-order valence-corrected chi connectivity index (χ2v) is 3.44. The van der Waals surface area contributed by atoms with Gasteiger partial charge in [0.25, 0.3) is 5.69 Å². The Morgan fingerprint density at radius 2 is 2.10 bits per heavy atom. The van der Waals surface area contributed by atoms with E-state index < -0.39 is 21.2 Å². The maximum atomic E-state index is 10.8. The predicted molar refractivity (Wildman–Crippen MR) is 68.5 cm³/mol. The average molecular weight is 282 g/mol. The molecule has 0 aliphatic heterocycles. The fourth-order valence-electron chi connectivity index (χ4n) is 1.21. The van der Waals surface area contributed by atoms with Crippen molar-refractivity contribution < 1.29 is 19.4 Å². The van der Waals surface area contributed by atoms with Crippen molar-refractivity contribution in [1.82, 2.24) is 0 Å². The largest absolute Gasteiger partial charge is 0.472 e. The minimum absolute atomic E-state index is 0.0327. The van der Waals surface area contributed by atoms with Crippen molar-refractivity contribution >= 4 is 29.2 Å². The first-order valence-corrected chi connectivity index (χ1v) is 5.25. The van der Waals surface area contributed by atoms with E-state index in [2.05, 4.69) is 10.5 Å². The number of carbonyl (C=O) groups is 1. The third-order valence-corrected chi connectivity index (χ3v) is 2.08. The number of nitro benzene ring substituents is 2. The normalized spacial score (nSPS) is 10.8. The second kappa shape index (κ2) is 6.78. The Labute approximate surface area is 112 Å². The number of hydrogen-bond donors (Lipinski definition) is 1. The van der Waals surface area contributed by atoms with Crippen molar-refractivity contribution in [2.24, 2.45) is 5.10 Å². The summed E-state index contributed by atoms with van der Waals surface area (Å²) in [5.41, 5.74) is 1.42. The van der Waals surface area contributed by atoms with Gasteiger partial charge in [0, 0.05) is 13.0 Å². The summed E-state index contributed by atoms with van der Waals surface area (Å²) in [5, 5.41) is 25.0. The molecule has 1 N–H and O–H groups in total. The maximum Gasteiger partial charge on any atom is 0.301 e. The Morgan fingerprint density at radius 3 is 2.65 bits per heavy atom. The molecule has 10 heteroatoms. The Hall–Kier alpha value is -3.04. The lowest BCUT2D eigenvalue weighted by molar-refractivity contribution is -0.393. The molecule has 0 spiro atoms. The van der Waals surface area contributed by atoms with E-state index in [0.29, 0.717) is 6.29 Å². The van der Waals surface area contributed by atoms with Gasteiger partial charge in [-0.2, -0.15) is 0 Å². The van der Waals surface area contributed by atoms with Gasteiger partial charge in [0.15, 0.2) is 6.29 Å². The summed E-state index contributed by atoms with van der Waals surface area (Å²) >= 11 is 0. The van der Waals surface area contributed by atoms with E-state index in [-0.39, 0.29) is 18.2 Å². The van der Waals surface area contributed by atoms with Crippen molar-refractivity contribution in [2.75, 3.05) is 12.0 Å². The molecule has 0 radical (unpaired) electrons. The lowest BCUT2D eigenvalue weighted by Gasteiger charge is -2.04. The molecule has 0 saturated heterocycles. The molecule has 0 unspecified atom stereocenters. The van der Waals surface area contributed by atoms with E-state index in [1.807, 2.05) is 0 Å². The van der Waals surface area contributed by atoms with Crippen LogP contribution in [0.1, 0.15) is 6.92 Å². The molecule has 0 fully saturated rings. The van der Waals surface area contributed by atoms with Crippen LogP contribution in [-0.4, -0.2) is 28.6 Å². The van der Waals surface area contributed by atoms with Crippen LogP contribution >= 0.6 is 0 Å². The molecule has 0 aliphatic carbocycles. The molecular weight excluding hydrogens is 272 g/mol. The van der Waals surface area contributed by atoms with Crippen LogP contribution < -0.4 is 5.43 Å². The molecule has 20 heavy (non-hydrogen) atoms. The Balaban J connectivity index is 2.97. The highest BCUT2D eigenvalue weighted by molar-refractivity contribution is 5.76. The highest BCUT2D eigenvalue weighted by atomic mass is 16.6. The van der Waals surface area contributed by atoms with Gasteiger partial charge in [-0.1, -0.05) is 0 Å². The van der Waals surface area contributed by atoms with Crippen molar-refractivity contribution in [3.63, 3.8) is 0 Å². The lowest BCUT2D eigenvalue weighted by Crippen LogP contribution is -2.06. The number of rotatable bonds is 6. The SMILES string of the molecule is C/C(=N\Nc1ccc([N+](=O)[O-])cc1[N+](=O)[O-])OCC=O. The zero-order chi connectivity index (χ0) is 15.1. The number of nitro groups is 2. The first-order valence-electron chi connectivity index (χ1n) is 5.25. The molecule has 0 atom stereocenters. The maximum absolute atomic E-state index is 10.8. The number of carbonyl (C=O) groups excluding carboxylic acids is 1.